The Bertz CT molecular complexity index is 1960. The predicted molar refractivity (Wildman–Crippen MR) is 206 cm³/mol. The molecule has 0 spiro atoms. The van der Waals surface area contributed by atoms with Crippen molar-refractivity contribution in [3.63, 3.8) is 0 Å². The van der Waals surface area contributed by atoms with Crippen molar-refractivity contribution in [3.05, 3.63) is 42.6 Å². The van der Waals surface area contributed by atoms with E-state index in [1.165, 1.54) is 4.90 Å². The number of nitrogens with one attached hydrogen (secondary N) is 3. The average molecular weight is 782 g/mol. The molecule has 7 atom stereocenters. The summed E-state index contributed by atoms with van der Waals surface area (Å²) < 4.78 is 45.1. The largest absolute Gasteiger partial charge is 0.497 e. The first-order valence-corrected chi connectivity index (χ1v) is 20.8. The zero-order chi connectivity index (χ0) is 39.9. The second-order valence-electron chi connectivity index (χ2n) is 17.0. The minimum atomic E-state index is -4.00. The summed E-state index contributed by atoms with van der Waals surface area (Å²) >= 11 is 0. The smallest absolute Gasteiger partial charge is 0.408 e. The topological polar surface area (TPSA) is 182 Å². The second-order valence-corrected chi connectivity index (χ2v) is 19.2. The summed E-state index contributed by atoms with van der Waals surface area (Å²) in [6.07, 6.45) is 7.78. The van der Waals surface area contributed by atoms with E-state index in [4.69, 9.17) is 14.2 Å². The summed E-state index contributed by atoms with van der Waals surface area (Å²) in [6.45, 7) is 10.9. The van der Waals surface area contributed by atoms with Crippen molar-refractivity contribution in [2.45, 2.75) is 127 Å². The van der Waals surface area contributed by atoms with Gasteiger partial charge in [0.25, 0.3) is 5.91 Å². The van der Waals surface area contributed by atoms with Crippen LogP contribution in [0, 0.1) is 17.8 Å². The Morgan fingerprint density at radius 1 is 1.13 bits per heavy atom. The van der Waals surface area contributed by atoms with Gasteiger partial charge in [0, 0.05) is 23.9 Å². The third kappa shape index (κ3) is 8.71. The molecule has 2 aliphatic carbocycles. The van der Waals surface area contributed by atoms with E-state index < -0.39 is 73.8 Å². The Morgan fingerprint density at radius 2 is 1.87 bits per heavy atom. The lowest BCUT2D eigenvalue weighted by Crippen LogP contribution is -2.59. The zero-order valence-corrected chi connectivity index (χ0v) is 33.7. The number of pyridine rings is 1. The van der Waals surface area contributed by atoms with Crippen LogP contribution in [0.1, 0.15) is 92.9 Å². The van der Waals surface area contributed by atoms with E-state index in [2.05, 4.69) is 27.3 Å². The van der Waals surface area contributed by atoms with Crippen LogP contribution in [0.2, 0.25) is 0 Å². The van der Waals surface area contributed by atoms with Gasteiger partial charge in [-0.3, -0.25) is 19.1 Å². The number of rotatable bonds is 8. The molecule has 1 aromatic carbocycles. The van der Waals surface area contributed by atoms with Gasteiger partial charge in [-0.15, -0.1) is 0 Å². The molecule has 2 aliphatic heterocycles. The minimum absolute atomic E-state index is 0.0150. The first kappa shape index (κ1) is 40.3. The van der Waals surface area contributed by atoms with E-state index in [1.54, 1.807) is 47.1 Å². The van der Waals surface area contributed by atoms with Crippen LogP contribution in [-0.2, 0) is 29.1 Å². The van der Waals surface area contributed by atoms with Gasteiger partial charge >= 0.3 is 6.09 Å². The number of amides is 4. The number of nitrogens with zero attached hydrogens (tertiary/aromatic N) is 2. The molecule has 0 radical (unpaired) electrons. The van der Waals surface area contributed by atoms with Gasteiger partial charge in [0.05, 0.1) is 18.4 Å². The molecule has 6 rings (SSSR count). The first-order valence-electron chi connectivity index (χ1n) is 19.3. The number of carbonyl (C=O) groups is 4. The Balaban J connectivity index is 1.36. The van der Waals surface area contributed by atoms with Crippen LogP contribution in [-0.4, -0.2) is 89.8 Å². The summed E-state index contributed by atoms with van der Waals surface area (Å²) in [4.78, 5) is 62.6. The van der Waals surface area contributed by atoms with Gasteiger partial charge in [0.15, 0.2) is 0 Å². The van der Waals surface area contributed by atoms with Gasteiger partial charge in [-0.05, 0) is 108 Å². The molecular weight excluding hydrogens is 727 g/mol. The van der Waals surface area contributed by atoms with Crippen molar-refractivity contribution in [3.8, 4) is 11.6 Å². The van der Waals surface area contributed by atoms with Crippen molar-refractivity contribution in [1.82, 2.24) is 25.2 Å². The molecule has 0 bridgehead atoms. The third-order valence-electron chi connectivity index (χ3n) is 11.5. The van der Waals surface area contributed by atoms with Crippen LogP contribution < -0.4 is 24.8 Å². The highest BCUT2D eigenvalue weighted by Crippen LogP contribution is 2.47. The molecule has 15 heteroatoms. The number of alkyl carbamates (subject to hydrolysis) is 1. The van der Waals surface area contributed by atoms with Crippen LogP contribution in [0.25, 0.3) is 10.8 Å². The Labute approximate surface area is 323 Å². The maximum Gasteiger partial charge on any atom is 0.408 e. The lowest BCUT2D eigenvalue weighted by atomic mass is 9.85. The third-order valence-corrected chi connectivity index (χ3v) is 13.7. The number of fused-ring (bicyclic) bond motifs is 3. The second kappa shape index (κ2) is 15.3. The number of methoxy groups -OCH3 is 1. The number of ether oxygens (including phenoxy) is 3. The van der Waals surface area contributed by atoms with E-state index in [1.807, 2.05) is 37.3 Å². The van der Waals surface area contributed by atoms with Crippen molar-refractivity contribution >= 4 is 44.6 Å². The van der Waals surface area contributed by atoms with Crippen molar-refractivity contribution in [1.29, 1.82) is 0 Å². The standard InChI is InChI=1S/C40H55N5O9S/c1-8-25-19-24(2)11-9-10-12-27-22-40(27,36(48)44-55(50,51)39(6)16-17-39)43-33(46)31-21-29(23-45(31)35(47)32(25)42-37(49)54-38(3,4)5)53-34-30-14-13-28(52-7)20-26(30)15-18-41-34/h10,12-15,18,20,24-25,27,29,31-32H,8-9,11,16-17,19,21-23H2,1-7H3,(H,42,49)(H,43,46)(H,44,48)/b12-10-/t24-,25-,27-,29-,31?,32+,40-/m1/s1. The number of carbonyl (C=O) groups excluding carboxylic acids is 4. The summed E-state index contributed by atoms with van der Waals surface area (Å²) in [5.74, 6) is -1.50. The highest BCUT2D eigenvalue weighted by atomic mass is 32.2. The first-order chi connectivity index (χ1) is 25.9. The van der Waals surface area contributed by atoms with Crippen molar-refractivity contribution < 1.29 is 41.8 Å². The normalized spacial score (nSPS) is 30.1. The lowest BCUT2D eigenvalue weighted by molar-refractivity contribution is -0.142. The van der Waals surface area contributed by atoms with Crippen LogP contribution in [0.5, 0.6) is 11.6 Å². The molecule has 3 heterocycles. The average Bonchev–Trinajstić information content (AvgIpc) is 4.00. The molecule has 300 valence electrons. The highest BCUT2D eigenvalue weighted by Gasteiger charge is 2.63. The molecule has 2 saturated carbocycles. The van der Waals surface area contributed by atoms with Crippen LogP contribution in [0.15, 0.2) is 42.6 Å². The zero-order valence-electron chi connectivity index (χ0n) is 32.8. The van der Waals surface area contributed by atoms with Crippen molar-refractivity contribution in [2.75, 3.05) is 13.7 Å². The predicted octanol–water partition coefficient (Wildman–Crippen LogP) is 4.76. The van der Waals surface area contributed by atoms with Gasteiger partial charge in [0.2, 0.25) is 27.7 Å². The molecule has 4 aliphatic rings. The molecular formula is C40H55N5O9S. The fourth-order valence-electron chi connectivity index (χ4n) is 7.76. The number of sulfonamides is 1. The fraction of sp³-hybridized carbons (Fsp3) is 0.625. The molecule has 1 aromatic heterocycles. The summed E-state index contributed by atoms with van der Waals surface area (Å²) in [7, 11) is -2.42. The van der Waals surface area contributed by atoms with E-state index in [9.17, 15) is 27.6 Å². The SMILES string of the molecule is CC[C@@H]1C[C@H](C)CC/C=C\[C@@H]2C[C@@]2(C(=O)NS(=O)(=O)C2(C)CC2)NC(=O)C2C[C@@H](Oc3nccc4cc(OC)ccc34)CN2C(=O)[C@H]1NC(=O)OC(C)(C)C. The molecule has 3 fully saturated rings. The maximum atomic E-state index is 14.9. The summed E-state index contributed by atoms with van der Waals surface area (Å²) in [5, 5.41) is 7.31. The Kier molecular flexibility index (Phi) is 11.2. The Hall–Kier alpha value is -4.40. The van der Waals surface area contributed by atoms with Crippen molar-refractivity contribution in [2.24, 2.45) is 17.8 Å². The Morgan fingerprint density at radius 3 is 2.55 bits per heavy atom. The molecule has 55 heavy (non-hydrogen) atoms. The molecule has 3 N–H and O–H groups in total. The fourth-order valence-corrected chi connectivity index (χ4v) is 9.07. The number of hydrogen-bond donors (Lipinski definition) is 3. The maximum absolute atomic E-state index is 14.9. The summed E-state index contributed by atoms with van der Waals surface area (Å²) in [6, 6.07) is 5.15. The quantitative estimate of drug-likeness (QED) is 0.316. The minimum Gasteiger partial charge on any atom is -0.497 e. The summed E-state index contributed by atoms with van der Waals surface area (Å²) in [5.41, 5.74) is -2.35. The molecule has 1 unspecified atom stereocenters. The van der Waals surface area contributed by atoms with Gasteiger partial charge in [-0.2, -0.15) is 0 Å². The molecule has 4 amide bonds. The number of aromatic nitrogens is 1. The van der Waals surface area contributed by atoms with Crippen LogP contribution >= 0.6 is 0 Å². The number of benzene rings is 1. The number of hydrogen-bond acceptors (Lipinski definition) is 10. The van der Waals surface area contributed by atoms with Crippen LogP contribution in [0.4, 0.5) is 4.79 Å². The van der Waals surface area contributed by atoms with E-state index in [0.717, 1.165) is 11.8 Å². The van der Waals surface area contributed by atoms with Crippen LogP contribution in [0.3, 0.4) is 0 Å². The van der Waals surface area contributed by atoms with Gasteiger partial charge in [-0.1, -0.05) is 32.4 Å². The molecule has 14 nitrogen and oxygen atoms in total. The van der Waals surface area contributed by atoms with Gasteiger partial charge in [-0.25, -0.2) is 18.2 Å². The highest BCUT2D eigenvalue weighted by molar-refractivity contribution is 7.91. The van der Waals surface area contributed by atoms with Gasteiger partial charge < -0.3 is 29.7 Å². The number of allylic oxidation sites excluding steroid dienone is 1. The molecule has 1 saturated heterocycles. The van der Waals surface area contributed by atoms with E-state index in [-0.39, 0.29) is 31.2 Å². The monoisotopic (exact) mass is 781 g/mol. The van der Waals surface area contributed by atoms with Gasteiger partial charge in [0.1, 0.15) is 35.1 Å². The van der Waals surface area contributed by atoms with E-state index in [0.29, 0.717) is 49.1 Å². The van der Waals surface area contributed by atoms with E-state index >= 15 is 0 Å². The molecule has 2 aromatic rings. The lowest BCUT2D eigenvalue weighted by Gasteiger charge is -2.34.